The Labute approximate surface area is 208 Å². The van der Waals surface area contributed by atoms with Crippen molar-refractivity contribution in [2.24, 2.45) is 5.14 Å². The van der Waals surface area contributed by atoms with Crippen LogP contribution in [0.15, 0.2) is 72.1 Å². The molecule has 0 fully saturated rings. The van der Waals surface area contributed by atoms with Crippen LogP contribution in [0.25, 0.3) is 0 Å². The molecule has 11 heteroatoms. The van der Waals surface area contributed by atoms with Crippen LogP contribution in [0.5, 0.6) is 0 Å². The number of carbonyl (C=O) groups is 1. The molecule has 0 saturated heterocycles. The number of nitrogens with two attached hydrogens (primary N) is 1. The van der Waals surface area contributed by atoms with E-state index in [4.69, 9.17) is 5.14 Å². The summed E-state index contributed by atoms with van der Waals surface area (Å²) in [5, 5.41) is 7.58. The number of anilines is 2. The highest BCUT2D eigenvalue weighted by Gasteiger charge is 2.25. The van der Waals surface area contributed by atoms with E-state index in [2.05, 4.69) is 37.0 Å². The van der Waals surface area contributed by atoms with E-state index in [-0.39, 0.29) is 10.7 Å². The van der Waals surface area contributed by atoms with Crippen LogP contribution in [0, 0.1) is 6.92 Å². The lowest BCUT2D eigenvalue weighted by molar-refractivity contribution is 0.102. The zero-order valence-electron chi connectivity index (χ0n) is 19.6. The minimum atomic E-state index is -4.00. The highest BCUT2D eigenvalue weighted by molar-refractivity contribution is 7.89. The zero-order chi connectivity index (χ0) is 25.3. The highest BCUT2D eigenvalue weighted by Crippen LogP contribution is 2.26. The van der Waals surface area contributed by atoms with Crippen LogP contribution >= 0.6 is 0 Å². The molecule has 1 aromatic carbocycles. The molecule has 3 N–H and O–H groups in total. The average molecular weight is 504 g/mol. The normalized spacial score (nSPS) is 13.3. The van der Waals surface area contributed by atoms with Crippen LogP contribution in [0.1, 0.15) is 33.0 Å². The summed E-state index contributed by atoms with van der Waals surface area (Å²) in [6.07, 6.45) is 5.72. The summed E-state index contributed by atoms with van der Waals surface area (Å²) >= 11 is 0. The summed E-state index contributed by atoms with van der Waals surface area (Å²) in [5.41, 5.74) is 3.85. The number of carbonyl (C=O) groups excluding carboxylic acids is 1. The lowest BCUT2D eigenvalue weighted by Crippen LogP contribution is -2.36. The van der Waals surface area contributed by atoms with Crippen molar-refractivity contribution in [2.75, 3.05) is 16.8 Å². The number of sulfonamides is 1. The number of hydrogen-bond acceptors (Lipinski definition) is 7. The maximum absolute atomic E-state index is 13.2. The fourth-order valence-electron chi connectivity index (χ4n) is 4.27. The van der Waals surface area contributed by atoms with Crippen LogP contribution in [0.2, 0.25) is 0 Å². The van der Waals surface area contributed by atoms with Gasteiger partial charge in [-0.1, -0.05) is 30.3 Å². The number of pyridine rings is 2. The van der Waals surface area contributed by atoms with E-state index in [9.17, 15) is 13.2 Å². The van der Waals surface area contributed by atoms with E-state index >= 15 is 0 Å². The van der Waals surface area contributed by atoms with Crippen molar-refractivity contribution < 1.29 is 13.2 Å². The van der Waals surface area contributed by atoms with Gasteiger partial charge in [0.15, 0.2) is 5.03 Å². The fraction of sp³-hybridized carbons (Fsp3) is 0.200. The van der Waals surface area contributed by atoms with Crippen LogP contribution < -0.4 is 15.4 Å². The maximum Gasteiger partial charge on any atom is 0.259 e. The second-order valence-corrected chi connectivity index (χ2v) is 10.2. The summed E-state index contributed by atoms with van der Waals surface area (Å²) in [4.78, 5) is 28.2. The van der Waals surface area contributed by atoms with Gasteiger partial charge >= 0.3 is 0 Å². The predicted molar refractivity (Wildman–Crippen MR) is 135 cm³/mol. The Balaban J connectivity index is 1.38. The molecule has 0 bridgehead atoms. The molecule has 4 heterocycles. The number of aryl methyl sites for hydroxylation is 1. The van der Waals surface area contributed by atoms with E-state index in [1.54, 1.807) is 12.3 Å². The zero-order valence-corrected chi connectivity index (χ0v) is 20.4. The molecule has 0 spiro atoms. The average Bonchev–Trinajstić information content (AvgIpc) is 3.26. The number of hydrogen-bond donors (Lipinski definition) is 2. The van der Waals surface area contributed by atoms with E-state index in [1.807, 2.05) is 36.2 Å². The molecule has 0 aliphatic carbocycles. The topological polar surface area (TPSA) is 136 Å². The van der Waals surface area contributed by atoms with E-state index in [0.717, 1.165) is 30.0 Å². The van der Waals surface area contributed by atoms with Gasteiger partial charge in [-0.3, -0.25) is 4.79 Å². The third-order valence-corrected chi connectivity index (χ3v) is 6.81. The smallest absolute Gasteiger partial charge is 0.259 e. The first-order valence-electron chi connectivity index (χ1n) is 11.4. The molecule has 5 rings (SSSR count). The molecular weight excluding hydrogens is 478 g/mol. The van der Waals surface area contributed by atoms with Crippen molar-refractivity contribution in [2.45, 2.75) is 31.5 Å². The number of benzene rings is 1. The quantitative estimate of drug-likeness (QED) is 0.412. The van der Waals surface area contributed by atoms with Gasteiger partial charge in [0.25, 0.3) is 15.9 Å². The van der Waals surface area contributed by atoms with Gasteiger partial charge in [-0.05, 0) is 30.2 Å². The van der Waals surface area contributed by atoms with Gasteiger partial charge < -0.3 is 14.8 Å². The molecule has 184 valence electrons. The minimum Gasteiger partial charge on any atom is -0.347 e. The van der Waals surface area contributed by atoms with E-state index in [1.165, 1.54) is 23.9 Å². The monoisotopic (exact) mass is 503 g/mol. The Kier molecular flexibility index (Phi) is 6.25. The molecule has 0 radical (unpaired) electrons. The van der Waals surface area contributed by atoms with Crippen molar-refractivity contribution in [3.05, 3.63) is 95.3 Å². The number of nitrogens with zero attached hydrogens (tertiary/aromatic N) is 5. The first-order valence-corrected chi connectivity index (χ1v) is 12.9. The molecule has 3 aromatic heterocycles. The lowest BCUT2D eigenvalue weighted by atomic mass is 10.1. The van der Waals surface area contributed by atoms with Crippen molar-refractivity contribution >= 4 is 27.4 Å². The molecular formula is C25H25N7O3S. The molecule has 0 unspecified atom stereocenters. The summed E-state index contributed by atoms with van der Waals surface area (Å²) in [5.74, 6) is 1.04. The van der Waals surface area contributed by atoms with Crippen LogP contribution in [0.3, 0.4) is 0 Å². The summed E-state index contributed by atoms with van der Waals surface area (Å²) in [6.45, 7) is 3.75. The van der Waals surface area contributed by atoms with Gasteiger partial charge in [0.2, 0.25) is 0 Å². The van der Waals surface area contributed by atoms with Crippen LogP contribution in [-0.4, -0.2) is 40.4 Å². The van der Waals surface area contributed by atoms with Crippen molar-refractivity contribution in [1.29, 1.82) is 0 Å². The number of nitrogens with one attached hydrogen (secondary N) is 1. The number of rotatable bonds is 6. The van der Waals surface area contributed by atoms with Crippen molar-refractivity contribution in [3.63, 3.8) is 0 Å². The van der Waals surface area contributed by atoms with Crippen LogP contribution in [-0.2, 0) is 29.5 Å². The first kappa shape index (κ1) is 23.6. The van der Waals surface area contributed by atoms with Gasteiger partial charge in [0.05, 0.1) is 12.1 Å². The molecule has 1 aliphatic heterocycles. The van der Waals surface area contributed by atoms with Gasteiger partial charge in [-0.2, -0.15) is 0 Å². The summed E-state index contributed by atoms with van der Waals surface area (Å²) < 4.78 is 25.5. The molecule has 1 aliphatic rings. The minimum absolute atomic E-state index is 0.270. The van der Waals surface area contributed by atoms with Crippen LogP contribution in [0.4, 0.5) is 11.5 Å². The Bertz CT molecular complexity index is 1530. The second-order valence-electron chi connectivity index (χ2n) is 8.67. The van der Waals surface area contributed by atoms with Gasteiger partial charge in [0.1, 0.15) is 11.6 Å². The molecule has 0 saturated carbocycles. The summed E-state index contributed by atoms with van der Waals surface area (Å²) in [7, 11) is -4.00. The largest absolute Gasteiger partial charge is 0.347 e. The maximum atomic E-state index is 13.2. The molecule has 0 atom stereocenters. The number of imidazole rings is 1. The predicted octanol–water partition coefficient (Wildman–Crippen LogP) is 2.49. The fourth-order valence-corrected chi connectivity index (χ4v) is 4.77. The Morgan fingerprint density at radius 1 is 1.06 bits per heavy atom. The van der Waals surface area contributed by atoms with Gasteiger partial charge in [-0.25, -0.2) is 28.5 Å². The Hall–Kier alpha value is -4.09. The van der Waals surface area contributed by atoms with E-state index < -0.39 is 15.9 Å². The third kappa shape index (κ3) is 4.97. The highest BCUT2D eigenvalue weighted by atomic mass is 32.2. The second kappa shape index (κ2) is 9.51. The van der Waals surface area contributed by atoms with Gasteiger partial charge in [0, 0.05) is 55.5 Å². The van der Waals surface area contributed by atoms with Gasteiger partial charge in [-0.15, -0.1) is 0 Å². The standard InChI is InChI=1S/C25H25N7O3S/c1-17-11-21(25(33)30-19-7-8-27-23(13-19)36(26,34)35)24(29-14-17)31-9-10-32-20(15-28-22(32)16-31)12-18-5-3-2-4-6-18/h2-8,11,13-15H,9-10,12,16H2,1H3,(H2,26,34,35)(H,27,30,33). The number of primary sulfonamides is 1. The van der Waals surface area contributed by atoms with E-state index in [0.29, 0.717) is 24.5 Å². The van der Waals surface area contributed by atoms with Crippen molar-refractivity contribution in [3.8, 4) is 0 Å². The number of aromatic nitrogens is 4. The lowest BCUT2D eigenvalue weighted by Gasteiger charge is -2.30. The molecule has 1 amide bonds. The number of fused-ring (bicyclic) bond motifs is 1. The Morgan fingerprint density at radius 3 is 2.64 bits per heavy atom. The van der Waals surface area contributed by atoms with Crippen molar-refractivity contribution in [1.82, 2.24) is 19.5 Å². The third-order valence-electron chi connectivity index (χ3n) is 6.01. The number of amides is 1. The first-order chi connectivity index (χ1) is 17.3. The summed E-state index contributed by atoms with van der Waals surface area (Å²) in [6, 6.07) is 14.8. The SMILES string of the molecule is Cc1cnc(N2CCn3c(Cc4ccccc4)cnc3C2)c(C(=O)Nc2ccnc(S(N)(=O)=O)c2)c1. The molecule has 4 aromatic rings. The Morgan fingerprint density at radius 2 is 1.86 bits per heavy atom. The molecule has 10 nitrogen and oxygen atoms in total. The molecule has 36 heavy (non-hydrogen) atoms.